The summed E-state index contributed by atoms with van der Waals surface area (Å²) < 4.78 is 9.34. The SMILES string of the molecule is C1=CI=C(OCC2=CCN(Cc3ccccc3)CC2)C=C1. The molecule has 0 saturated carbocycles. The highest BCUT2D eigenvalue weighted by atomic mass is 127. The molecule has 0 N–H and O–H groups in total. The fourth-order valence-corrected chi connectivity index (χ4v) is 3.97. The first-order valence-electron chi connectivity index (χ1n) is 7.31. The van der Waals surface area contributed by atoms with Gasteiger partial charge in [-0.2, -0.15) is 0 Å². The summed E-state index contributed by atoms with van der Waals surface area (Å²) in [6.45, 7) is 3.98. The van der Waals surface area contributed by atoms with Gasteiger partial charge in [0.25, 0.3) is 0 Å². The molecule has 110 valence electrons. The van der Waals surface area contributed by atoms with Gasteiger partial charge in [0.2, 0.25) is 0 Å². The number of ether oxygens (including phenoxy) is 1. The van der Waals surface area contributed by atoms with E-state index in [-0.39, 0.29) is 20.7 Å². The minimum atomic E-state index is -0.0338. The average molecular weight is 393 g/mol. The van der Waals surface area contributed by atoms with Crippen LogP contribution in [0, 0.1) is 0 Å². The van der Waals surface area contributed by atoms with Crippen LogP contribution in [0.4, 0.5) is 0 Å². The zero-order chi connectivity index (χ0) is 14.3. The molecule has 2 aliphatic rings. The predicted octanol–water partition coefficient (Wildman–Crippen LogP) is 4.02. The average Bonchev–Trinajstić information content (AvgIpc) is 2.56. The summed E-state index contributed by atoms with van der Waals surface area (Å²) in [5, 5.41) is 0. The van der Waals surface area contributed by atoms with Crippen molar-refractivity contribution in [2.45, 2.75) is 13.0 Å². The highest BCUT2D eigenvalue weighted by Crippen LogP contribution is 2.16. The lowest BCUT2D eigenvalue weighted by atomic mass is 10.1. The molecular weight excluding hydrogens is 373 g/mol. The lowest BCUT2D eigenvalue weighted by Gasteiger charge is -2.26. The minimum absolute atomic E-state index is 0.0338. The Bertz CT molecular complexity index is 586. The maximum absolute atomic E-state index is 5.92. The molecule has 0 aliphatic carbocycles. The van der Waals surface area contributed by atoms with Gasteiger partial charge >= 0.3 is 0 Å². The van der Waals surface area contributed by atoms with Gasteiger partial charge in [0.15, 0.2) is 0 Å². The Morgan fingerprint density at radius 2 is 2.05 bits per heavy atom. The van der Waals surface area contributed by atoms with Gasteiger partial charge in [0.05, 0.1) is 6.61 Å². The van der Waals surface area contributed by atoms with E-state index < -0.39 is 0 Å². The van der Waals surface area contributed by atoms with E-state index in [1.54, 1.807) is 0 Å². The molecule has 2 nitrogen and oxygen atoms in total. The number of rotatable bonds is 5. The Morgan fingerprint density at radius 3 is 2.76 bits per heavy atom. The number of hydrogen-bond donors (Lipinski definition) is 0. The largest absolute Gasteiger partial charge is 0.336 e. The number of allylic oxidation sites excluding steroid dienone is 2. The summed E-state index contributed by atoms with van der Waals surface area (Å²) in [6.07, 6.45) is 9.75. The molecule has 0 aromatic heterocycles. The topological polar surface area (TPSA) is 12.5 Å². The summed E-state index contributed by atoms with van der Waals surface area (Å²) in [6, 6.07) is 10.7. The first-order chi connectivity index (χ1) is 10.4. The fraction of sp³-hybridized carbons (Fsp3) is 0.278. The summed E-state index contributed by atoms with van der Waals surface area (Å²) in [7, 11) is 0. The van der Waals surface area contributed by atoms with E-state index in [2.05, 4.69) is 63.6 Å². The molecule has 2 aliphatic heterocycles. The quantitative estimate of drug-likeness (QED) is 0.554. The Balaban J connectivity index is 1.47. The van der Waals surface area contributed by atoms with Crippen LogP contribution in [0.5, 0.6) is 0 Å². The van der Waals surface area contributed by atoms with Crippen molar-refractivity contribution in [2.24, 2.45) is 0 Å². The third-order valence-electron chi connectivity index (χ3n) is 3.61. The van der Waals surface area contributed by atoms with E-state index in [1.165, 1.54) is 14.8 Å². The number of nitrogens with zero attached hydrogens (tertiary/aromatic N) is 1. The van der Waals surface area contributed by atoms with Gasteiger partial charge < -0.3 is 4.74 Å². The Morgan fingerprint density at radius 1 is 1.14 bits per heavy atom. The van der Waals surface area contributed by atoms with Crippen LogP contribution < -0.4 is 0 Å². The van der Waals surface area contributed by atoms with Crippen LogP contribution in [0.3, 0.4) is 0 Å². The van der Waals surface area contributed by atoms with Gasteiger partial charge in [-0.3, -0.25) is 4.90 Å². The molecule has 0 fully saturated rings. The van der Waals surface area contributed by atoms with E-state index in [0.29, 0.717) is 0 Å². The molecule has 0 saturated heterocycles. The van der Waals surface area contributed by atoms with E-state index >= 15 is 0 Å². The first kappa shape index (κ1) is 14.9. The molecule has 0 bridgehead atoms. The molecule has 1 aromatic carbocycles. The lowest BCUT2D eigenvalue weighted by Crippen LogP contribution is -2.29. The minimum Gasteiger partial charge on any atom is -0.336 e. The highest BCUT2D eigenvalue weighted by Gasteiger charge is 2.12. The van der Waals surface area contributed by atoms with Crippen LogP contribution in [0.1, 0.15) is 12.0 Å². The van der Waals surface area contributed by atoms with Crippen LogP contribution in [0.15, 0.2) is 64.3 Å². The predicted molar refractivity (Wildman–Crippen MR) is 97.7 cm³/mol. The summed E-state index contributed by atoms with van der Waals surface area (Å²) in [4.78, 5) is 2.49. The van der Waals surface area contributed by atoms with Gasteiger partial charge in [0.1, 0.15) is 3.69 Å². The molecular formula is C18H20INO. The molecule has 3 rings (SSSR count). The van der Waals surface area contributed by atoms with Crippen LogP contribution >= 0.6 is 20.7 Å². The van der Waals surface area contributed by atoms with Crippen molar-refractivity contribution in [1.82, 2.24) is 4.90 Å². The summed E-state index contributed by atoms with van der Waals surface area (Å²) in [5.41, 5.74) is 2.84. The maximum Gasteiger partial charge on any atom is 0.108 e. The summed E-state index contributed by atoms with van der Waals surface area (Å²) >= 11 is -0.0338. The molecule has 0 amide bonds. The second kappa shape index (κ2) is 7.82. The van der Waals surface area contributed by atoms with Gasteiger partial charge in [-0.05, 0) is 27.7 Å². The van der Waals surface area contributed by atoms with Gasteiger partial charge in [-0.15, -0.1) is 0 Å². The fourth-order valence-electron chi connectivity index (χ4n) is 2.42. The highest BCUT2D eigenvalue weighted by molar-refractivity contribution is 14.2. The van der Waals surface area contributed by atoms with E-state index in [0.717, 1.165) is 32.7 Å². The van der Waals surface area contributed by atoms with Crippen molar-refractivity contribution >= 4 is 24.4 Å². The smallest absolute Gasteiger partial charge is 0.108 e. The number of hydrogen-bond acceptors (Lipinski definition) is 2. The van der Waals surface area contributed by atoms with Crippen LogP contribution in [0.25, 0.3) is 0 Å². The molecule has 3 heteroatoms. The number of benzene rings is 1. The van der Waals surface area contributed by atoms with Crippen LogP contribution in [0.2, 0.25) is 0 Å². The summed E-state index contributed by atoms with van der Waals surface area (Å²) in [5.74, 6) is 0. The third kappa shape index (κ3) is 4.73. The Hall–Kier alpha value is -1.04. The normalized spacial score (nSPS) is 18.9. The van der Waals surface area contributed by atoms with E-state index in [9.17, 15) is 0 Å². The third-order valence-corrected chi connectivity index (χ3v) is 5.67. The Labute approximate surface area is 136 Å². The lowest BCUT2D eigenvalue weighted by molar-refractivity contribution is 0.269. The standard InChI is InChI=1S/C18H20INO/c1-2-6-16(7-3-1)14-20-12-9-17(10-13-20)15-21-18-8-4-5-11-19-18/h1-9,11H,10,12-15H2. The van der Waals surface area contributed by atoms with Crippen molar-refractivity contribution in [2.75, 3.05) is 19.7 Å². The van der Waals surface area contributed by atoms with Gasteiger partial charge in [0, 0.05) is 19.6 Å². The van der Waals surface area contributed by atoms with Gasteiger partial charge in [-0.25, -0.2) is 0 Å². The second-order valence-electron chi connectivity index (χ2n) is 5.21. The Kier molecular flexibility index (Phi) is 5.54. The zero-order valence-corrected chi connectivity index (χ0v) is 14.2. The van der Waals surface area contributed by atoms with Crippen molar-refractivity contribution in [1.29, 1.82) is 0 Å². The van der Waals surface area contributed by atoms with Crippen molar-refractivity contribution in [3.05, 3.63) is 69.9 Å². The molecule has 0 atom stereocenters. The van der Waals surface area contributed by atoms with Crippen LogP contribution in [-0.4, -0.2) is 28.3 Å². The van der Waals surface area contributed by atoms with Crippen molar-refractivity contribution < 1.29 is 4.74 Å². The molecule has 0 spiro atoms. The van der Waals surface area contributed by atoms with E-state index in [4.69, 9.17) is 4.74 Å². The molecule has 21 heavy (non-hydrogen) atoms. The van der Waals surface area contributed by atoms with Crippen molar-refractivity contribution in [3.8, 4) is 0 Å². The second-order valence-corrected chi connectivity index (χ2v) is 7.62. The van der Waals surface area contributed by atoms with Crippen molar-refractivity contribution in [3.63, 3.8) is 0 Å². The molecule has 0 unspecified atom stereocenters. The van der Waals surface area contributed by atoms with E-state index in [1.807, 2.05) is 0 Å². The molecule has 1 aromatic rings. The monoisotopic (exact) mass is 393 g/mol. The first-order valence-corrected chi connectivity index (χ1v) is 9.63. The van der Waals surface area contributed by atoms with Gasteiger partial charge in [-0.1, -0.05) is 69.3 Å². The molecule has 0 radical (unpaired) electrons. The zero-order valence-electron chi connectivity index (χ0n) is 12.0. The number of halogens is 1. The van der Waals surface area contributed by atoms with Crippen LogP contribution in [-0.2, 0) is 11.3 Å². The molecule has 2 heterocycles. The maximum atomic E-state index is 5.92.